The Labute approximate surface area is 87.7 Å². The van der Waals surface area contributed by atoms with E-state index in [2.05, 4.69) is 0 Å². The first-order chi connectivity index (χ1) is 7.13. The number of aliphatic hydroxyl groups is 1. The van der Waals surface area contributed by atoms with Crippen LogP contribution in [0.25, 0.3) is 0 Å². The third-order valence-corrected chi connectivity index (χ3v) is 2.97. The average Bonchev–Trinajstić information content (AvgIpc) is 2.66. The van der Waals surface area contributed by atoms with Gasteiger partial charge in [-0.05, 0) is 37.8 Å². The summed E-state index contributed by atoms with van der Waals surface area (Å²) in [5.74, 6) is -1.03. The molecule has 80 valence electrons. The molecule has 0 amide bonds. The Hall–Kier alpha value is -1.22. The summed E-state index contributed by atoms with van der Waals surface area (Å²) in [6.07, 6.45) is 2.55. The van der Waals surface area contributed by atoms with Gasteiger partial charge in [-0.1, -0.05) is 12.1 Å². The van der Waals surface area contributed by atoms with Crippen LogP contribution in [0.4, 0.5) is 4.39 Å². The molecule has 0 atom stereocenters. The monoisotopic (exact) mass is 208 g/mol. The van der Waals surface area contributed by atoms with Crippen LogP contribution < -0.4 is 0 Å². The van der Waals surface area contributed by atoms with Gasteiger partial charge in [0.15, 0.2) is 5.78 Å². The predicted molar refractivity (Wildman–Crippen MR) is 54.1 cm³/mol. The molecule has 0 aliphatic heterocycles. The lowest BCUT2D eigenvalue weighted by Gasteiger charge is -2.20. The summed E-state index contributed by atoms with van der Waals surface area (Å²) in [6, 6.07) is 5.80. The number of benzene rings is 1. The Balaban J connectivity index is 2.32. The molecule has 0 unspecified atom stereocenters. The van der Waals surface area contributed by atoms with Crippen molar-refractivity contribution >= 4 is 5.78 Å². The number of hydrogen-bond donors (Lipinski definition) is 1. The van der Waals surface area contributed by atoms with Gasteiger partial charge in [0.1, 0.15) is 11.4 Å². The van der Waals surface area contributed by atoms with Crippen molar-refractivity contribution in [1.29, 1.82) is 0 Å². The first kappa shape index (κ1) is 10.3. The average molecular weight is 208 g/mol. The normalized spacial score (nSPS) is 19.1. The van der Waals surface area contributed by atoms with Crippen molar-refractivity contribution in [2.45, 2.75) is 31.3 Å². The third kappa shape index (κ3) is 1.79. The maximum Gasteiger partial charge on any atom is 0.197 e. The summed E-state index contributed by atoms with van der Waals surface area (Å²) < 4.78 is 13.3. The van der Waals surface area contributed by atoms with Gasteiger partial charge in [0, 0.05) is 0 Å². The molecule has 1 N–H and O–H groups in total. The molecule has 15 heavy (non-hydrogen) atoms. The van der Waals surface area contributed by atoms with Crippen molar-refractivity contribution in [3.8, 4) is 0 Å². The molecule has 0 spiro atoms. The second kappa shape index (κ2) is 3.74. The van der Waals surface area contributed by atoms with Crippen molar-refractivity contribution in [3.05, 3.63) is 35.6 Å². The Bertz CT molecular complexity index is 381. The van der Waals surface area contributed by atoms with Gasteiger partial charge in [0.05, 0.1) is 5.56 Å². The number of ketones is 1. The highest BCUT2D eigenvalue weighted by Crippen LogP contribution is 2.32. The van der Waals surface area contributed by atoms with E-state index in [9.17, 15) is 14.3 Å². The van der Waals surface area contributed by atoms with E-state index in [1.807, 2.05) is 0 Å². The Kier molecular flexibility index (Phi) is 2.57. The van der Waals surface area contributed by atoms with Crippen molar-refractivity contribution < 1.29 is 14.3 Å². The fourth-order valence-corrected chi connectivity index (χ4v) is 2.08. The molecule has 1 aromatic carbocycles. The van der Waals surface area contributed by atoms with Crippen LogP contribution in [0.1, 0.15) is 36.0 Å². The standard InChI is InChI=1S/C12H13FO2/c13-10-6-2-1-5-9(10)11(14)12(15)7-3-4-8-12/h1-2,5-6,15H,3-4,7-8H2. The van der Waals surface area contributed by atoms with E-state index < -0.39 is 17.2 Å². The molecule has 2 nitrogen and oxygen atoms in total. The van der Waals surface area contributed by atoms with Crippen LogP contribution in [0.5, 0.6) is 0 Å². The SMILES string of the molecule is O=C(c1ccccc1F)C1(O)CCCC1. The van der Waals surface area contributed by atoms with Gasteiger partial charge >= 0.3 is 0 Å². The minimum atomic E-state index is -1.33. The summed E-state index contributed by atoms with van der Waals surface area (Å²) in [6.45, 7) is 0. The minimum Gasteiger partial charge on any atom is -0.382 e. The smallest absolute Gasteiger partial charge is 0.197 e. The lowest BCUT2D eigenvalue weighted by Crippen LogP contribution is -2.35. The zero-order valence-electron chi connectivity index (χ0n) is 8.37. The molecule has 1 fully saturated rings. The molecule has 1 saturated carbocycles. The zero-order chi connectivity index (χ0) is 10.9. The first-order valence-corrected chi connectivity index (χ1v) is 5.15. The highest BCUT2D eigenvalue weighted by molar-refractivity contribution is 6.02. The Morgan fingerprint density at radius 2 is 1.87 bits per heavy atom. The summed E-state index contributed by atoms with van der Waals surface area (Å²) in [5.41, 5.74) is -1.33. The number of halogens is 1. The van der Waals surface area contributed by atoms with E-state index >= 15 is 0 Å². The zero-order valence-corrected chi connectivity index (χ0v) is 8.37. The van der Waals surface area contributed by atoms with Crippen LogP contribution in [0.15, 0.2) is 24.3 Å². The van der Waals surface area contributed by atoms with Gasteiger partial charge in [-0.3, -0.25) is 4.79 Å². The van der Waals surface area contributed by atoms with Crippen LogP contribution in [-0.2, 0) is 0 Å². The third-order valence-electron chi connectivity index (χ3n) is 2.97. The number of rotatable bonds is 2. The summed E-state index contributed by atoms with van der Waals surface area (Å²) >= 11 is 0. The molecule has 0 saturated heterocycles. The van der Waals surface area contributed by atoms with E-state index in [1.54, 1.807) is 6.07 Å². The number of hydrogen-bond acceptors (Lipinski definition) is 2. The lowest BCUT2D eigenvalue weighted by atomic mass is 9.91. The minimum absolute atomic E-state index is 0.00176. The van der Waals surface area contributed by atoms with E-state index in [4.69, 9.17) is 0 Å². The van der Waals surface area contributed by atoms with Crippen LogP contribution in [0, 0.1) is 5.82 Å². The lowest BCUT2D eigenvalue weighted by molar-refractivity contribution is 0.0349. The highest BCUT2D eigenvalue weighted by Gasteiger charge is 2.40. The number of carbonyl (C=O) groups excluding carboxylic acids is 1. The molecule has 0 radical (unpaired) electrons. The number of Topliss-reactive ketones (excluding diaryl/α,β-unsaturated/α-hetero) is 1. The van der Waals surface area contributed by atoms with E-state index in [0.717, 1.165) is 12.8 Å². The van der Waals surface area contributed by atoms with Gasteiger partial charge in [0.25, 0.3) is 0 Å². The van der Waals surface area contributed by atoms with Crippen LogP contribution in [0.2, 0.25) is 0 Å². The topological polar surface area (TPSA) is 37.3 Å². The molecule has 0 aromatic heterocycles. The van der Waals surface area contributed by atoms with E-state index in [-0.39, 0.29) is 5.56 Å². The van der Waals surface area contributed by atoms with Crippen molar-refractivity contribution in [1.82, 2.24) is 0 Å². The maximum atomic E-state index is 13.3. The van der Waals surface area contributed by atoms with Gasteiger partial charge in [0.2, 0.25) is 0 Å². The molecule has 0 heterocycles. The van der Waals surface area contributed by atoms with E-state index in [0.29, 0.717) is 12.8 Å². The van der Waals surface area contributed by atoms with Crippen LogP contribution >= 0.6 is 0 Å². The first-order valence-electron chi connectivity index (χ1n) is 5.15. The Morgan fingerprint density at radius 3 is 2.47 bits per heavy atom. The van der Waals surface area contributed by atoms with Crippen molar-refractivity contribution in [3.63, 3.8) is 0 Å². The summed E-state index contributed by atoms with van der Waals surface area (Å²) in [5, 5.41) is 10.0. The van der Waals surface area contributed by atoms with Gasteiger partial charge < -0.3 is 5.11 Å². The van der Waals surface area contributed by atoms with Crippen LogP contribution in [0.3, 0.4) is 0 Å². The predicted octanol–water partition coefficient (Wildman–Crippen LogP) is 2.31. The molecule has 3 heteroatoms. The molecule has 1 aromatic rings. The quantitative estimate of drug-likeness (QED) is 0.757. The van der Waals surface area contributed by atoms with E-state index in [1.165, 1.54) is 18.2 Å². The molecular formula is C12H13FO2. The maximum absolute atomic E-state index is 13.3. The van der Waals surface area contributed by atoms with Gasteiger partial charge in [-0.25, -0.2) is 4.39 Å². The molecular weight excluding hydrogens is 195 g/mol. The summed E-state index contributed by atoms with van der Waals surface area (Å²) in [7, 11) is 0. The van der Waals surface area contributed by atoms with Crippen molar-refractivity contribution in [2.75, 3.05) is 0 Å². The fraction of sp³-hybridized carbons (Fsp3) is 0.417. The number of carbonyl (C=O) groups is 1. The van der Waals surface area contributed by atoms with Crippen LogP contribution in [-0.4, -0.2) is 16.5 Å². The van der Waals surface area contributed by atoms with Gasteiger partial charge in [-0.15, -0.1) is 0 Å². The van der Waals surface area contributed by atoms with Crippen molar-refractivity contribution in [2.24, 2.45) is 0 Å². The van der Waals surface area contributed by atoms with Gasteiger partial charge in [-0.2, -0.15) is 0 Å². The second-order valence-electron chi connectivity index (χ2n) is 4.05. The Morgan fingerprint density at radius 1 is 1.27 bits per heavy atom. The highest BCUT2D eigenvalue weighted by atomic mass is 19.1. The fourth-order valence-electron chi connectivity index (χ4n) is 2.08. The second-order valence-corrected chi connectivity index (χ2v) is 4.05. The molecule has 2 rings (SSSR count). The largest absolute Gasteiger partial charge is 0.382 e. The summed E-state index contributed by atoms with van der Waals surface area (Å²) in [4.78, 5) is 11.9. The molecule has 0 bridgehead atoms. The molecule has 1 aliphatic carbocycles. The molecule has 1 aliphatic rings.